The van der Waals surface area contributed by atoms with E-state index in [1.165, 1.54) is 295 Å². The normalized spacial score (nSPS) is 12.8. The zero-order chi connectivity index (χ0) is 56.4. The predicted molar refractivity (Wildman–Crippen MR) is 342 cm³/mol. The number of hydrogen-bond donors (Lipinski definition) is 3. The predicted octanol–water partition coefficient (Wildman–Crippen LogP) is 22.5. The van der Waals surface area contributed by atoms with Gasteiger partial charge < -0.3 is 20.3 Å². The molecule has 0 saturated heterocycles. The molecule has 0 fully saturated rings. The number of allylic oxidation sites excluding steroid dienone is 7. The molecule has 0 aromatic carbocycles. The summed E-state index contributed by atoms with van der Waals surface area (Å²) in [5.74, 6) is -0.0550. The molecule has 0 saturated carbocycles. The second kappa shape index (κ2) is 67.3. The van der Waals surface area contributed by atoms with Gasteiger partial charge in [0.05, 0.1) is 25.4 Å². The van der Waals surface area contributed by atoms with Crippen molar-refractivity contribution in [2.45, 2.75) is 386 Å². The van der Waals surface area contributed by atoms with Gasteiger partial charge in [0.1, 0.15) is 0 Å². The number of esters is 1. The van der Waals surface area contributed by atoms with Crippen LogP contribution in [0.1, 0.15) is 373 Å². The minimum absolute atomic E-state index is 0.0110. The molecule has 3 N–H and O–H groups in total. The first-order chi connectivity index (χ1) is 38.5. The number of carbonyl (C=O) groups excluding carboxylic acids is 2. The number of hydrogen-bond acceptors (Lipinski definition) is 5. The van der Waals surface area contributed by atoms with Gasteiger partial charge in [-0.05, 0) is 89.9 Å². The number of aliphatic hydroxyl groups is 2. The maximum absolute atomic E-state index is 12.4. The van der Waals surface area contributed by atoms with Gasteiger partial charge in [-0.3, -0.25) is 9.59 Å². The molecule has 0 spiro atoms. The van der Waals surface area contributed by atoms with Crippen molar-refractivity contribution in [3.63, 3.8) is 0 Å². The first-order valence-electron chi connectivity index (χ1n) is 34.9. The van der Waals surface area contributed by atoms with Crippen LogP contribution in [0.2, 0.25) is 0 Å². The largest absolute Gasteiger partial charge is 0.466 e. The summed E-state index contributed by atoms with van der Waals surface area (Å²) in [6.07, 6.45) is 87.8. The number of nitrogens with one attached hydrogen (secondary N) is 1. The Kier molecular flexibility index (Phi) is 65.4. The van der Waals surface area contributed by atoms with Crippen molar-refractivity contribution in [1.82, 2.24) is 5.32 Å². The van der Waals surface area contributed by atoms with Crippen LogP contribution in [0.4, 0.5) is 0 Å². The second-order valence-electron chi connectivity index (χ2n) is 23.9. The number of amides is 1. The lowest BCUT2D eigenvalue weighted by atomic mass is 10.0. The van der Waals surface area contributed by atoms with Crippen LogP contribution in [0.5, 0.6) is 0 Å². The summed E-state index contributed by atoms with van der Waals surface area (Å²) in [6.45, 7) is 4.88. The minimum atomic E-state index is -0.841. The molecule has 0 aromatic rings. The Balaban J connectivity index is 3.34. The van der Waals surface area contributed by atoms with E-state index in [1.54, 1.807) is 6.08 Å². The van der Waals surface area contributed by atoms with E-state index in [0.29, 0.717) is 19.4 Å². The molecule has 0 radical (unpaired) electrons. The Labute approximate surface area is 486 Å². The number of aliphatic hydroxyl groups excluding tert-OH is 2. The van der Waals surface area contributed by atoms with Crippen LogP contribution < -0.4 is 5.32 Å². The SMILES string of the molecule is CCCCCC/C=C\C/C=C\CCCCCCCCCC(=O)OCCCCCCCCCCCCCC/C=C\CCCCCCCCCCCCCCCCCCCC(=O)NC(CO)C(O)/C=C/CCCCCCCCCC. The Morgan fingerprint density at radius 3 is 1.00 bits per heavy atom. The first kappa shape index (κ1) is 75.8. The third-order valence-corrected chi connectivity index (χ3v) is 16.1. The van der Waals surface area contributed by atoms with Gasteiger partial charge in [0.15, 0.2) is 0 Å². The minimum Gasteiger partial charge on any atom is -0.466 e. The fraction of sp³-hybridized carbons (Fsp3) is 0.861. The van der Waals surface area contributed by atoms with E-state index in [1.807, 2.05) is 6.08 Å². The first-order valence-corrected chi connectivity index (χ1v) is 34.9. The van der Waals surface area contributed by atoms with E-state index in [4.69, 9.17) is 4.74 Å². The lowest BCUT2D eigenvalue weighted by molar-refractivity contribution is -0.143. The highest BCUT2D eigenvalue weighted by molar-refractivity contribution is 5.76. The third-order valence-electron chi connectivity index (χ3n) is 16.1. The number of ether oxygens (including phenoxy) is 1. The molecule has 78 heavy (non-hydrogen) atoms. The van der Waals surface area contributed by atoms with Crippen LogP contribution in [0.25, 0.3) is 0 Å². The summed E-state index contributed by atoms with van der Waals surface area (Å²) in [5, 5.41) is 23.0. The van der Waals surface area contributed by atoms with E-state index in [0.717, 1.165) is 51.4 Å². The third kappa shape index (κ3) is 63.0. The standard InChI is InChI=1S/C72H135NO5/c1-3-5-7-9-11-13-15-16-17-18-37-40-43-46-50-54-58-62-66-72(77)78-67-63-59-55-51-47-44-41-38-35-33-31-29-27-25-23-21-19-20-22-24-26-28-30-32-34-36-39-42-45-49-53-57-61-65-71(76)73-69(68-74)70(75)64-60-56-52-48-14-12-10-8-6-4-2/h13,15,17-18,23,25,60,64,69-70,74-75H,3-12,14,16,19-22,24,26-59,61-63,65-68H2,1-2H3,(H,73,76)/b15-13-,18-17-,25-23-,64-60+. The van der Waals surface area contributed by atoms with Gasteiger partial charge in [-0.2, -0.15) is 0 Å². The summed E-state index contributed by atoms with van der Waals surface area (Å²) < 4.78 is 5.50. The molecule has 0 rings (SSSR count). The van der Waals surface area contributed by atoms with Crippen molar-refractivity contribution in [3.05, 3.63) is 48.6 Å². The van der Waals surface area contributed by atoms with E-state index < -0.39 is 12.1 Å². The summed E-state index contributed by atoms with van der Waals surface area (Å²) in [7, 11) is 0. The summed E-state index contributed by atoms with van der Waals surface area (Å²) in [6, 6.07) is -0.624. The molecule has 2 unspecified atom stereocenters. The average Bonchev–Trinajstić information content (AvgIpc) is 3.44. The Morgan fingerprint density at radius 1 is 0.359 bits per heavy atom. The maximum Gasteiger partial charge on any atom is 0.305 e. The highest BCUT2D eigenvalue weighted by atomic mass is 16.5. The zero-order valence-corrected chi connectivity index (χ0v) is 52.4. The molecule has 0 aliphatic carbocycles. The molecular weight excluding hydrogens is 959 g/mol. The van der Waals surface area contributed by atoms with Crippen molar-refractivity contribution in [3.8, 4) is 0 Å². The number of unbranched alkanes of at least 4 members (excludes halogenated alkanes) is 48. The fourth-order valence-corrected chi connectivity index (χ4v) is 10.7. The molecular formula is C72H135NO5. The lowest BCUT2D eigenvalue weighted by Crippen LogP contribution is -2.45. The smallest absolute Gasteiger partial charge is 0.305 e. The topological polar surface area (TPSA) is 95.9 Å². The van der Waals surface area contributed by atoms with Gasteiger partial charge in [0.25, 0.3) is 0 Å². The Hall–Kier alpha value is -2.18. The van der Waals surface area contributed by atoms with Crippen molar-refractivity contribution in [2.24, 2.45) is 0 Å². The Bertz CT molecular complexity index is 1310. The van der Waals surface area contributed by atoms with Gasteiger partial charge in [-0.1, -0.05) is 319 Å². The van der Waals surface area contributed by atoms with Crippen molar-refractivity contribution in [2.75, 3.05) is 13.2 Å². The number of rotatable bonds is 65. The van der Waals surface area contributed by atoms with Gasteiger partial charge in [-0.25, -0.2) is 0 Å². The summed E-state index contributed by atoms with van der Waals surface area (Å²) in [5.41, 5.74) is 0. The molecule has 0 aliphatic heterocycles. The van der Waals surface area contributed by atoms with E-state index in [2.05, 4.69) is 55.6 Å². The van der Waals surface area contributed by atoms with Crippen LogP contribution in [-0.4, -0.2) is 47.4 Å². The highest BCUT2D eigenvalue weighted by Crippen LogP contribution is 2.18. The van der Waals surface area contributed by atoms with Crippen molar-refractivity contribution < 1.29 is 24.5 Å². The van der Waals surface area contributed by atoms with Gasteiger partial charge >= 0.3 is 5.97 Å². The lowest BCUT2D eigenvalue weighted by Gasteiger charge is -2.20. The molecule has 0 heterocycles. The van der Waals surface area contributed by atoms with E-state index in [-0.39, 0.29) is 18.5 Å². The van der Waals surface area contributed by atoms with Crippen LogP contribution in [0.15, 0.2) is 48.6 Å². The van der Waals surface area contributed by atoms with Crippen LogP contribution in [0, 0.1) is 0 Å². The molecule has 6 nitrogen and oxygen atoms in total. The van der Waals surface area contributed by atoms with Crippen LogP contribution >= 0.6 is 0 Å². The van der Waals surface area contributed by atoms with Gasteiger partial charge in [0.2, 0.25) is 5.91 Å². The quantitative estimate of drug-likeness (QED) is 0.0320. The summed E-state index contributed by atoms with van der Waals surface area (Å²) >= 11 is 0. The van der Waals surface area contributed by atoms with Gasteiger partial charge in [-0.15, -0.1) is 0 Å². The number of carbonyl (C=O) groups is 2. The molecule has 0 bridgehead atoms. The highest BCUT2D eigenvalue weighted by Gasteiger charge is 2.18. The molecule has 0 aromatic heterocycles. The van der Waals surface area contributed by atoms with E-state index >= 15 is 0 Å². The molecule has 1 amide bonds. The van der Waals surface area contributed by atoms with Gasteiger partial charge in [0, 0.05) is 12.8 Å². The zero-order valence-electron chi connectivity index (χ0n) is 52.4. The average molecular weight is 1090 g/mol. The second-order valence-corrected chi connectivity index (χ2v) is 23.9. The Morgan fingerprint density at radius 2 is 0.641 bits per heavy atom. The molecule has 6 heteroatoms. The monoisotopic (exact) mass is 1090 g/mol. The molecule has 0 aliphatic rings. The molecule has 2 atom stereocenters. The summed E-state index contributed by atoms with van der Waals surface area (Å²) in [4.78, 5) is 24.5. The van der Waals surface area contributed by atoms with Crippen LogP contribution in [0.3, 0.4) is 0 Å². The van der Waals surface area contributed by atoms with Crippen LogP contribution in [-0.2, 0) is 14.3 Å². The molecule has 458 valence electrons. The maximum atomic E-state index is 12.4. The van der Waals surface area contributed by atoms with Crippen molar-refractivity contribution in [1.29, 1.82) is 0 Å². The van der Waals surface area contributed by atoms with Crippen molar-refractivity contribution >= 4 is 11.9 Å². The van der Waals surface area contributed by atoms with E-state index in [9.17, 15) is 19.8 Å². The fourth-order valence-electron chi connectivity index (χ4n) is 10.7.